The molecule has 0 amide bonds. The standard InChI is InChI=1S/C42H62O6/c1-29(18-14-19-31(3)22-23-37-38(6,7)26-35(47-33(5)43)27-40(37,10)46)16-12-13-17-30(2)20-15-21-32(4)36(45)28-42-39(8,9)24-34(44)25-41(42,11)48-42/h12-21,23,33-35,43-44,46H,22,24-28H2,1-11H3/b13-12+,18-14+,20-15+,29-16+,30-17+,31-19+,32-21+,37-23?/t33?,34-,35-,40+,41+,42-/m0/s1. The first-order valence-corrected chi connectivity index (χ1v) is 17.5. The van der Waals surface area contributed by atoms with Gasteiger partial charge < -0.3 is 24.8 Å². The van der Waals surface area contributed by atoms with Crippen LogP contribution in [0.2, 0.25) is 0 Å². The minimum absolute atomic E-state index is 0.0876. The molecule has 6 heteroatoms. The van der Waals surface area contributed by atoms with E-state index < -0.39 is 23.1 Å². The van der Waals surface area contributed by atoms with Crippen LogP contribution in [0.25, 0.3) is 0 Å². The lowest BCUT2D eigenvalue weighted by molar-refractivity contribution is -0.157. The van der Waals surface area contributed by atoms with Gasteiger partial charge >= 0.3 is 0 Å². The van der Waals surface area contributed by atoms with E-state index in [9.17, 15) is 20.1 Å². The van der Waals surface area contributed by atoms with Gasteiger partial charge in [-0.05, 0) is 89.7 Å². The molecule has 6 nitrogen and oxygen atoms in total. The highest BCUT2D eigenvalue weighted by atomic mass is 16.6. The lowest BCUT2D eigenvalue weighted by atomic mass is 9.61. The fraction of sp³-hybridized carbons (Fsp3) is 0.595. The van der Waals surface area contributed by atoms with Crippen molar-refractivity contribution < 1.29 is 29.6 Å². The number of aliphatic hydroxyl groups is 3. The summed E-state index contributed by atoms with van der Waals surface area (Å²) in [7, 11) is 0. The van der Waals surface area contributed by atoms with Gasteiger partial charge in [0.15, 0.2) is 12.1 Å². The Morgan fingerprint density at radius 2 is 1.46 bits per heavy atom. The second-order valence-electron chi connectivity index (χ2n) is 16.2. The molecule has 3 N–H and O–H groups in total. The average molecular weight is 663 g/mol. The summed E-state index contributed by atoms with van der Waals surface area (Å²) < 4.78 is 11.8. The maximum absolute atomic E-state index is 13.1. The van der Waals surface area contributed by atoms with Gasteiger partial charge in [0.1, 0.15) is 5.60 Å². The second kappa shape index (κ2) is 15.5. The number of allylic oxidation sites excluding steroid dienone is 15. The number of hydrogen-bond donors (Lipinski definition) is 3. The Kier molecular flexibility index (Phi) is 12.9. The molecule has 1 aliphatic heterocycles. The third-order valence-electron chi connectivity index (χ3n) is 10.5. The Hall–Kier alpha value is -2.61. The van der Waals surface area contributed by atoms with E-state index in [4.69, 9.17) is 9.47 Å². The highest BCUT2D eigenvalue weighted by molar-refractivity contribution is 5.96. The van der Waals surface area contributed by atoms with Crippen LogP contribution < -0.4 is 0 Å². The summed E-state index contributed by atoms with van der Waals surface area (Å²) >= 11 is 0. The van der Waals surface area contributed by atoms with E-state index in [1.54, 1.807) is 6.92 Å². The van der Waals surface area contributed by atoms with Crippen LogP contribution in [0.3, 0.4) is 0 Å². The van der Waals surface area contributed by atoms with Gasteiger partial charge in [0.25, 0.3) is 0 Å². The molecule has 1 unspecified atom stereocenters. The lowest BCUT2D eigenvalue weighted by Crippen LogP contribution is -2.48. The van der Waals surface area contributed by atoms with Gasteiger partial charge in [0.05, 0.1) is 23.4 Å². The molecule has 3 aliphatic rings. The molecule has 1 heterocycles. The molecule has 1 saturated heterocycles. The number of Topliss-reactive ketones (excluding diaryl/α,β-unsaturated/α-hetero) is 1. The maximum Gasteiger partial charge on any atom is 0.161 e. The predicted molar refractivity (Wildman–Crippen MR) is 196 cm³/mol. The molecule has 266 valence electrons. The van der Waals surface area contributed by atoms with E-state index in [-0.39, 0.29) is 28.8 Å². The molecule has 0 aromatic carbocycles. The fourth-order valence-corrected chi connectivity index (χ4v) is 8.09. The smallest absolute Gasteiger partial charge is 0.161 e. The fourth-order valence-electron chi connectivity index (χ4n) is 8.09. The van der Waals surface area contributed by atoms with E-state index in [2.05, 4.69) is 71.9 Å². The van der Waals surface area contributed by atoms with Crippen molar-refractivity contribution >= 4 is 5.78 Å². The van der Waals surface area contributed by atoms with Crippen LogP contribution >= 0.6 is 0 Å². The molecule has 0 radical (unpaired) electrons. The first-order chi connectivity index (χ1) is 22.1. The zero-order chi connectivity index (χ0) is 36.1. The van der Waals surface area contributed by atoms with Gasteiger partial charge in [-0.25, -0.2) is 0 Å². The number of carbonyl (C=O) groups excluding carboxylic acids is 1. The molecular weight excluding hydrogens is 600 g/mol. The minimum Gasteiger partial charge on any atom is -0.393 e. The number of ether oxygens (including phenoxy) is 2. The molecule has 2 aliphatic carbocycles. The lowest BCUT2D eigenvalue weighted by Gasteiger charge is -2.46. The van der Waals surface area contributed by atoms with Crippen LogP contribution in [0, 0.1) is 10.8 Å². The number of rotatable bonds is 13. The summed E-state index contributed by atoms with van der Waals surface area (Å²) in [5.74, 6) is 0.0876. The number of hydrogen-bond acceptors (Lipinski definition) is 6. The van der Waals surface area contributed by atoms with Crippen LogP contribution in [0.4, 0.5) is 0 Å². The average Bonchev–Trinajstić information content (AvgIpc) is 3.53. The Morgan fingerprint density at radius 1 is 0.875 bits per heavy atom. The molecule has 6 atom stereocenters. The highest BCUT2D eigenvalue weighted by Crippen LogP contribution is 2.67. The van der Waals surface area contributed by atoms with Crippen molar-refractivity contribution in [2.45, 2.75) is 150 Å². The van der Waals surface area contributed by atoms with E-state index in [1.807, 2.05) is 64.2 Å². The molecular formula is C42H62O6. The van der Waals surface area contributed by atoms with Crippen LogP contribution in [-0.2, 0) is 14.3 Å². The van der Waals surface area contributed by atoms with Gasteiger partial charge in [-0.2, -0.15) is 0 Å². The van der Waals surface area contributed by atoms with Crippen LogP contribution in [0.15, 0.2) is 94.7 Å². The van der Waals surface area contributed by atoms with Crippen molar-refractivity contribution in [1.29, 1.82) is 0 Å². The van der Waals surface area contributed by atoms with Crippen molar-refractivity contribution in [1.82, 2.24) is 0 Å². The summed E-state index contributed by atoms with van der Waals surface area (Å²) in [5.41, 5.74) is 2.73. The highest BCUT2D eigenvalue weighted by Gasteiger charge is 2.76. The summed E-state index contributed by atoms with van der Waals surface area (Å²) in [6.45, 7) is 22.0. The Bertz CT molecular complexity index is 1410. The van der Waals surface area contributed by atoms with Crippen molar-refractivity contribution in [3.05, 3.63) is 94.7 Å². The predicted octanol–water partition coefficient (Wildman–Crippen LogP) is 8.72. The van der Waals surface area contributed by atoms with E-state index >= 15 is 0 Å². The second-order valence-corrected chi connectivity index (χ2v) is 16.2. The quantitative estimate of drug-likeness (QED) is 0.0600. The van der Waals surface area contributed by atoms with Gasteiger partial charge in [-0.1, -0.05) is 111 Å². The molecule has 3 fully saturated rings. The van der Waals surface area contributed by atoms with Crippen molar-refractivity contribution in [3.63, 3.8) is 0 Å². The zero-order valence-electron chi connectivity index (χ0n) is 31.4. The number of ketones is 1. The van der Waals surface area contributed by atoms with Crippen molar-refractivity contribution in [2.24, 2.45) is 10.8 Å². The maximum atomic E-state index is 13.1. The normalized spacial score (nSPS) is 34.3. The van der Waals surface area contributed by atoms with E-state index in [0.29, 0.717) is 31.3 Å². The minimum atomic E-state index is -0.979. The molecule has 3 rings (SSSR count). The monoisotopic (exact) mass is 662 g/mol. The molecule has 0 aromatic heterocycles. The topological polar surface area (TPSA) is 99.5 Å². The zero-order valence-corrected chi connectivity index (χ0v) is 31.4. The molecule has 0 spiro atoms. The van der Waals surface area contributed by atoms with E-state index in [1.165, 1.54) is 5.57 Å². The van der Waals surface area contributed by atoms with E-state index in [0.717, 1.165) is 29.6 Å². The first-order valence-electron chi connectivity index (χ1n) is 17.5. The Morgan fingerprint density at radius 3 is 2.00 bits per heavy atom. The number of aliphatic hydroxyl groups excluding tert-OH is 2. The Balaban J connectivity index is 1.50. The SMILES string of the molecule is CC(/C=C/C=C(\C)CC=C1C(C)(C)C[C@H](OC(C)O)C[C@@]1(C)O)=C\C=C\C=C(C)\C=C\C=C(/C)C(=O)C[C@@]12O[C@]1(C)C[C@@H](O)CC2(C)C. The third kappa shape index (κ3) is 9.98. The molecule has 48 heavy (non-hydrogen) atoms. The van der Waals surface area contributed by atoms with Crippen molar-refractivity contribution in [2.75, 3.05) is 0 Å². The van der Waals surface area contributed by atoms with Crippen LogP contribution in [-0.4, -0.2) is 56.4 Å². The summed E-state index contributed by atoms with van der Waals surface area (Å²) in [6.07, 6.45) is 24.4. The summed E-state index contributed by atoms with van der Waals surface area (Å²) in [6, 6.07) is 0. The van der Waals surface area contributed by atoms with Crippen molar-refractivity contribution in [3.8, 4) is 0 Å². The largest absolute Gasteiger partial charge is 0.393 e. The number of fused-ring (bicyclic) bond motifs is 1. The van der Waals surface area contributed by atoms with Gasteiger partial charge in [-0.15, -0.1) is 0 Å². The molecule has 0 bridgehead atoms. The summed E-state index contributed by atoms with van der Waals surface area (Å²) in [4.78, 5) is 13.1. The Labute approximate surface area is 290 Å². The number of carbonyl (C=O) groups is 1. The van der Waals surface area contributed by atoms with Gasteiger partial charge in [-0.3, -0.25) is 4.79 Å². The van der Waals surface area contributed by atoms with Gasteiger partial charge in [0.2, 0.25) is 0 Å². The van der Waals surface area contributed by atoms with Gasteiger partial charge in [0, 0.05) is 19.3 Å². The first kappa shape index (κ1) is 39.8. The summed E-state index contributed by atoms with van der Waals surface area (Å²) in [5, 5.41) is 31.1. The van der Waals surface area contributed by atoms with Crippen LogP contribution in [0.1, 0.15) is 115 Å². The number of epoxide rings is 1. The van der Waals surface area contributed by atoms with Crippen LogP contribution in [0.5, 0.6) is 0 Å². The molecule has 0 aromatic rings. The third-order valence-corrected chi connectivity index (χ3v) is 10.5. The molecule has 2 saturated carbocycles.